The highest BCUT2D eigenvalue weighted by Crippen LogP contribution is 2.32. The SMILES string of the molecule is CCNc1cc2ncnc(NCC3CCN(Cc4ccccc4)CC3)c2cc1[N+](=O)[O-]. The molecule has 31 heavy (non-hydrogen) atoms. The van der Waals surface area contributed by atoms with E-state index in [0.717, 1.165) is 39.0 Å². The fourth-order valence-electron chi connectivity index (χ4n) is 4.15. The van der Waals surface area contributed by atoms with Crippen molar-refractivity contribution in [3.63, 3.8) is 0 Å². The first-order valence-corrected chi connectivity index (χ1v) is 10.8. The molecule has 1 aliphatic rings. The number of nitro benzene ring substituents is 1. The lowest BCUT2D eigenvalue weighted by molar-refractivity contribution is -0.383. The van der Waals surface area contributed by atoms with E-state index < -0.39 is 0 Å². The summed E-state index contributed by atoms with van der Waals surface area (Å²) in [5, 5.41) is 18.7. The summed E-state index contributed by atoms with van der Waals surface area (Å²) >= 11 is 0. The molecule has 0 atom stereocenters. The third kappa shape index (κ3) is 5.08. The predicted octanol–water partition coefficient (Wildman–Crippen LogP) is 4.29. The molecule has 8 heteroatoms. The number of nitrogens with zero attached hydrogens (tertiary/aromatic N) is 4. The largest absolute Gasteiger partial charge is 0.380 e. The van der Waals surface area contributed by atoms with Crippen LogP contribution in [-0.2, 0) is 6.54 Å². The van der Waals surface area contributed by atoms with E-state index in [4.69, 9.17) is 0 Å². The molecule has 3 aromatic rings. The van der Waals surface area contributed by atoms with Crippen LogP contribution in [0.1, 0.15) is 25.3 Å². The Morgan fingerprint density at radius 3 is 2.61 bits per heavy atom. The van der Waals surface area contributed by atoms with Crippen LogP contribution in [0.4, 0.5) is 17.2 Å². The van der Waals surface area contributed by atoms with Crippen molar-refractivity contribution in [3.05, 3.63) is 64.5 Å². The van der Waals surface area contributed by atoms with E-state index in [2.05, 4.69) is 49.8 Å². The van der Waals surface area contributed by atoms with E-state index >= 15 is 0 Å². The predicted molar refractivity (Wildman–Crippen MR) is 123 cm³/mol. The lowest BCUT2D eigenvalue weighted by Gasteiger charge is -2.32. The van der Waals surface area contributed by atoms with Gasteiger partial charge in [-0.1, -0.05) is 30.3 Å². The molecule has 1 aromatic heterocycles. The van der Waals surface area contributed by atoms with Crippen molar-refractivity contribution in [2.75, 3.05) is 36.8 Å². The zero-order chi connectivity index (χ0) is 21.6. The van der Waals surface area contributed by atoms with Gasteiger partial charge in [0.25, 0.3) is 5.69 Å². The smallest absolute Gasteiger partial charge is 0.293 e. The Labute approximate surface area is 181 Å². The number of likely N-dealkylation sites (tertiary alicyclic amines) is 1. The molecule has 162 valence electrons. The summed E-state index contributed by atoms with van der Waals surface area (Å²) in [7, 11) is 0. The molecule has 0 amide bonds. The van der Waals surface area contributed by atoms with Gasteiger partial charge in [-0.15, -0.1) is 0 Å². The van der Waals surface area contributed by atoms with Crippen molar-refractivity contribution in [2.45, 2.75) is 26.3 Å². The van der Waals surface area contributed by atoms with Crippen molar-refractivity contribution >= 4 is 28.1 Å². The minimum atomic E-state index is -0.364. The topological polar surface area (TPSA) is 96.2 Å². The maximum Gasteiger partial charge on any atom is 0.293 e. The van der Waals surface area contributed by atoms with Crippen LogP contribution in [0.25, 0.3) is 10.9 Å². The highest BCUT2D eigenvalue weighted by Gasteiger charge is 2.21. The fraction of sp³-hybridized carbons (Fsp3) is 0.391. The first-order valence-electron chi connectivity index (χ1n) is 10.8. The van der Waals surface area contributed by atoms with Crippen LogP contribution >= 0.6 is 0 Å². The van der Waals surface area contributed by atoms with E-state index in [-0.39, 0.29) is 10.6 Å². The summed E-state index contributed by atoms with van der Waals surface area (Å²) in [5.74, 6) is 1.20. The minimum absolute atomic E-state index is 0.0430. The number of aromatic nitrogens is 2. The van der Waals surface area contributed by atoms with Crippen LogP contribution in [-0.4, -0.2) is 46.0 Å². The molecule has 0 saturated carbocycles. The van der Waals surface area contributed by atoms with Gasteiger partial charge in [0, 0.05) is 31.1 Å². The summed E-state index contributed by atoms with van der Waals surface area (Å²) < 4.78 is 0. The van der Waals surface area contributed by atoms with Crippen molar-refractivity contribution < 1.29 is 4.92 Å². The third-order valence-electron chi connectivity index (χ3n) is 5.83. The van der Waals surface area contributed by atoms with Crippen molar-refractivity contribution in [1.29, 1.82) is 0 Å². The Morgan fingerprint density at radius 2 is 1.90 bits per heavy atom. The Kier molecular flexibility index (Phi) is 6.57. The van der Waals surface area contributed by atoms with E-state index in [1.807, 2.05) is 13.0 Å². The summed E-state index contributed by atoms with van der Waals surface area (Å²) in [5.41, 5.74) is 2.57. The van der Waals surface area contributed by atoms with Gasteiger partial charge in [0.15, 0.2) is 0 Å². The van der Waals surface area contributed by atoms with Crippen molar-refractivity contribution in [2.24, 2.45) is 5.92 Å². The van der Waals surface area contributed by atoms with Crippen LogP contribution in [0.5, 0.6) is 0 Å². The number of benzene rings is 2. The van der Waals surface area contributed by atoms with Crippen LogP contribution in [0, 0.1) is 16.0 Å². The molecule has 0 radical (unpaired) electrons. The molecule has 1 fully saturated rings. The Hall–Kier alpha value is -3.26. The van der Waals surface area contributed by atoms with Crippen LogP contribution in [0.15, 0.2) is 48.8 Å². The van der Waals surface area contributed by atoms with Gasteiger partial charge in [-0.25, -0.2) is 9.97 Å². The number of anilines is 2. The van der Waals surface area contributed by atoms with Gasteiger partial charge < -0.3 is 10.6 Å². The van der Waals surface area contributed by atoms with Crippen molar-refractivity contribution in [3.8, 4) is 0 Å². The van der Waals surface area contributed by atoms with Gasteiger partial charge in [-0.3, -0.25) is 15.0 Å². The van der Waals surface area contributed by atoms with Gasteiger partial charge in [0.1, 0.15) is 17.8 Å². The molecule has 0 aliphatic carbocycles. The average molecular weight is 421 g/mol. The second-order valence-electron chi connectivity index (χ2n) is 7.98. The Morgan fingerprint density at radius 1 is 1.13 bits per heavy atom. The molecule has 0 bridgehead atoms. The standard InChI is InChI=1S/C23H28N6O2/c1-2-24-21-13-20-19(12-22(21)29(30)31)23(27-16-26-20)25-14-17-8-10-28(11-9-17)15-18-6-4-3-5-7-18/h3-7,12-13,16-17,24H,2,8-11,14-15H2,1H3,(H,25,26,27). The summed E-state index contributed by atoms with van der Waals surface area (Å²) in [6.07, 6.45) is 3.75. The molecule has 2 heterocycles. The molecule has 0 unspecified atom stereocenters. The monoisotopic (exact) mass is 420 g/mol. The number of nitro groups is 1. The van der Waals surface area contributed by atoms with E-state index in [1.54, 1.807) is 12.1 Å². The molecule has 8 nitrogen and oxygen atoms in total. The molecule has 0 spiro atoms. The Bertz CT molecular complexity index is 1030. The normalized spacial score (nSPS) is 15.1. The number of rotatable bonds is 8. The number of fused-ring (bicyclic) bond motifs is 1. The molecule has 2 aromatic carbocycles. The van der Waals surface area contributed by atoms with Crippen LogP contribution in [0.3, 0.4) is 0 Å². The van der Waals surface area contributed by atoms with E-state index in [1.165, 1.54) is 11.9 Å². The third-order valence-corrected chi connectivity index (χ3v) is 5.83. The zero-order valence-electron chi connectivity index (χ0n) is 17.8. The summed E-state index contributed by atoms with van der Waals surface area (Å²) in [6.45, 7) is 6.45. The second kappa shape index (κ2) is 9.70. The second-order valence-corrected chi connectivity index (χ2v) is 7.98. The quantitative estimate of drug-likeness (QED) is 0.414. The van der Waals surface area contributed by atoms with E-state index in [9.17, 15) is 10.1 Å². The number of nitrogens with one attached hydrogen (secondary N) is 2. The van der Waals surface area contributed by atoms with Gasteiger partial charge in [-0.2, -0.15) is 0 Å². The van der Waals surface area contributed by atoms with Gasteiger partial charge >= 0.3 is 0 Å². The highest BCUT2D eigenvalue weighted by atomic mass is 16.6. The maximum absolute atomic E-state index is 11.5. The molecule has 4 rings (SSSR count). The fourth-order valence-corrected chi connectivity index (χ4v) is 4.15. The average Bonchev–Trinajstić information content (AvgIpc) is 2.79. The summed E-state index contributed by atoms with van der Waals surface area (Å²) in [6, 6.07) is 13.9. The van der Waals surface area contributed by atoms with Gasteiger partial charge in [-0.05, 0) is 50.4 Å². The first-order chi connectivity index (χ1) is 15.1. The van der Waals surface area contributed by atoms with Crippen LogP contribution < -0.4 is 10.6 Å². The number of piperidine rings is 1. The first kappa shape index (κ1) is 21.0. The number of hydrogen-bond acceptors (Lipinski definition) is 7. The highest BCUT2D eigenvalue weighted by molar-refractivity contribution is 5.94. The molecule has 1 aliphatic heterocycles. The molecule has 2 N–H and O–H groups in total. The lowest BCUT2D eigenvalue weighted by Crippen LogP contribution is -2.35. The van der Waals surface area contributed by atoms with Crippen LogP contribution in [0.2, 0.25) is 0 Å². The Balaban J connectivity index is 1.40. The molecular weight excluding hydrogens is 392 g/mol. The number of hydrogen-bond donors (Lipinski definition) is 2. The minimum Gasteiger partial charge on any atom is -0.380 e. The molecule has 1 saturated heterocycles. The maximum atomic E-state index is 11.5. The van der Waals surface area contributed by atoms with Crippen molar-refractivity contribution in [1.82, 2.24) is 14.9 Å². The lowest BCUT2D eigenvalue weighted by atomic mass is 9.96. The molecular formula is C23H28N6O2. The summed E-state index contributed by atoms with van der Waals surface area (Å²) in [4.78, 5) is 22.3. The van der Waals surface area contributed by atoms with E-state index in [0.29, 0.717) is 34.9 Å². The van der Waals surface area contributed by atoms with Gasteiger partial charge in [0.05, 0.1) is 10.4 Å². The van der Waals surface area contributed by atoms with Gasteiger partial charge in [0.2, 0.25) is 0 Å². The zero-order valence-corrected chi connectivity index (χ0v) is 17.8.